The van der Waals surface area contributed by atoms with E-state index >= 15 is 0 Å². The fourth-order valence-corrected chi connectivity index (χ4v) is 3.33. The van der Waals surface area contributed by atoms with Crippen molar-refractivity contribution < 1.29 is 9.53 Å². The van der Waals surface area contributed by atoms with E-state index in [1.807, 2.05) is 18.9 Å². The highest BCUT2D eigenvalue weighted by Gasteiger charge is 2.35. The molecule has 17 heavy (non-hydrogen) atoms. The standard InChI is InChI=1S/C13H22ClNO2/c1-9-7-8-12(17-9)13(16)15(2)11-6-4-3-5-10(11)14/h9-12H,3-8H2,1-2H3. The largest absolute Gasteiger partial charge is 0.365 e. The van der Waals surface area contributed by atoms with E-state index in [2.05, 4.69) is 0 Å². The third-order valence-electron chi connectivity index (χ3n) is 4.00. The van der Waals surface area contributed by atoms with Gasteiger partial charge in [-0.25, -0.2) is 0 Å². The molecule has 1 aliphatic heterocycles. The lowest BCUT2D eigenvalue weighted by molar-refractivity contribution is -0.143. The number of halogens is 1. The number of carbonyl (C=O) groups is 1. The number of ether oxygens (including phenoxy) is 1. The number of nitrogens with zero attached hydrogens (tertiary/aromatic N) is 1. The molecule has 4 atom stereocenters. The van der Waals surface area contributed by atoms with Crippen molar-refractivity contribution in [2.75, 3.05) is 7.05 Å². The zero-order chi connectivity index (χ0) is 12.4. The number of amides is 1. The summed E-state index contributed by atoms with van der Waals surface area (Å²) in [6.07, 6.45) is 6.22. The molecule has 2 aliphatic rings. The minimum Gasteiger partial charge on any atom is -0.365 e. The normalized spacial score (nSPS) is 38.1. The molecule has 3 nitrogen and oxygen atoms in total. The Balaban J connectivity index is 1.94. The van der Waals surface area contributed by atoms with Crippen LogP contribution in [0, 0.1) is 0 Å². The van der Waals surface area contributed by atoms with Crippen LogP contribution in [0.15, 0.2) is 0 Å². The summed E-state index contributed by atoms with van der Waals surface area (Å²) in [6.45, 7) is 2.03. The Morgan fingerprint density at radius 3 is 2.53 bits per heavy atom. The van der Waals surface area contributed by atoms with Crippen molar-refractivity contribution >= 4 is 17.5 Å². The van der Waals surface area contributed by atoms with Gasteiger partial charge < -0.3 is 9.64 Å². The van der Waals surface area contributed by atoms with Crippen LogP contribution in [0.25, 0.3) is 0 Å². The third-order valence-corrected chi connectivity index (χ3v) is 4.51. The summed E-state index contributed by atoms with van der Waals surface area (Å²) in [4.78, 5) is 14.1. The molecule has 1 heterocycles. The van der Waals surface area contributed by atoms with Gasteiger partial charge in [-0.3, -0.25) is 4.79 Å². The number of rotatable bonds is 2. The second-order valence-electron chi connectivity index (χ2n) is 5.33. The van der Waals surface area contributed by atoms with E-state index < -0.39 is 0 Å². The summed E-state index contributed by atoms with van der Waals surface area (Å²) < 4.78 is 5.64. The molecular weight excluding hydrogens is 238 g/mol. The maximum atomic E-state index is 12.3. The number of hydrogen-bond donors (Lipinski definition) is 0. The Bertz CT molecular complexity index is 285. The maximum absolute atomic E-state index is 12.3. The van der Waals surface area contributed by atoms with E-state index in [0.717, 1.165) is 25.7 Å². The Labute approximate surface area is 108 Å². The lowest BCUT2D eigenvalue weighted by Crippen LogP contribution is -2.48. The van der Waals surface area contributed by atoms with Crippen molar-refractivity contribution in [3.8, 4) is 0 Å². The zero-order valence-corrected chi connectivity index (χ0v) is 11.4. The SMILES string of the molecule is CC1CCC(C(=O)N(C)C2CCCCC2Cl)O1. The van der Waals surface area contributed by atoms with Crippen LogP contribution < -0.4 is 0 Å². The molecular formula is C13H22ClNO2. The fraction of sp³-hybridized carbons (Fsp3) is 0.923. The van der Waals surface area contributed by atoms with E-state index in [1.54, 1.807) is 0 Å². The number of likely N-dealkylation sites (N-methyl/N-ethyl adjacent to an activating group) is 1. The first-order valence-corrected chi connectivity index (χ1v) is 7.09. The molecule has 4 unspecified atom stereocenters. The Morgan fingerprint density at radius 2 is 1.94 bits per heavy atom. The van der Waals surface area contributed by atoms with Gasteiger partial charge >= 0.3 is 0 Å². The average molecular weight is 260 g/mol. The van der Waals surface area contributed by atoms with Crippen LogP contribution in [-0.2, 0) is 9.53 Å². The summed E-state index contributed by atoms with van der Waals surface area (Å²) in [6, 6.07) is 0.192. The molecule has 1 saturated carbocycles. The highest BCUT2D eigenvalue weighted by molar-refractivity contribution is 6.21. The zero-order valence-electron chi connectivity index (χ0n) is 10.7. The van der Waals surface area contributed by atoms with Gasteiger partial charge in [-0.2, -0.15) is 0 Å². The van der Waals surface area contributed by atoms with Crippen LogP contribution >= 0.6 is 11.6 Å². The second-order valence-corrected chi connectivity index (χ2v) is 5.89. The number of alkyl halides is 1. The summed E-state index contributed by atoms with van der Waals surface area (Å²) in [5.41, 5.74) is 0. The van der Waals surface area contributed by atoms with E-state index in [0.29, 0.717) is 0 Å². The Kier molecular flexibility index (Phi) is 4.31. The van der Waals surface area contributed by atoms with Gasteiger partial charge in [-0.15, -0.1) is 11.6 Å². The van der Waals surface area contributed by atoms with Crippen molar-refractivity contribution in [2.45, 2.75) is 69.1 Å². The van der Waals surface area contributed by atoms with Crippen molar-refractivity contribution in [2.24, 2.45) is 0 Å². The van der Waals surface area contributed by atoms with Gasteiger partial charge in [0.2, 0.25) is 0 Å². The van der Waals surface area contributed by atoms with E-state index in [-0.39, 0.29) is 29.5 Å². The topological polar surface area (TPSA) is 29.5 Å². The molecule has 0 radical (unpaired) electrons. The average Bonchev–Trinajstić information content (AvgIpc) is 2.75. The minimum atomic E-state index is -0.235. The van der Waals surface area contributed by atoms with E-state index in [9.17, 15) is 4.79 Å². The quantitative estimate of drug-likeness (QED) is 0.714. The molecule has 0 N–H and O–H groups in total. The highest BCUT2D eigenvalue weighted by atomic mass is 35.5. The number of carbonyl (C=O) groups excluding carboxylic acids is 1. The van der Waals surface area contributed by atoms with Crippen LogP contribution in [0.5, 0.6) is 0 Å². The molecule has 1 aliphatic carbocycles. The van der Waals surface area contributed by atoms with Gasteiger partial charge in [0, 0.05) is 13.1 Å². The molecule has 2 rings (SSSR count). The van der Waals surface area contributed by atoms with Crippen molar-refractivity contribution in [3.63, 3.8) is 0 Å². The van der Waals surface area contributed by atoms with E-state index in [4.69, 9.17) is 16.3 Å². The van der Waals surface area contributed by atoms with Crippen LogP contribution in [0.2, 0.25) is 0 Å². The smallest absolute Gasteiger partial charge is 0.251 e. The molecule has 1 saturated heterocycles. The first kappa shape index (κ1) is 13.2. The molecule has 0 aromatic rings. The summed E-state index contributed by atoms with van der Waals surface area (Å²) >= 11 is 6.32. The highest BCUT2D eigenvalue weighted by Crippen LogP contribution is 2.28. The predicted octanol–water partition coefficient (Wildman–Crippen LogP) is 2.56. The molecule has 98 valence electrons. The molecule has 2 fully saturated rings. The lowest BCUT2D eigenvalue weighted by atomic mass is 9.93. The van der Waals surface area contributed by atoms with Crippen molar-refractivity contribution in [1.82, 2.24) is 4.90 Å². The van der Waals surface area contributed by atoms with Crippen LogP contribution in [0.1, 0.15) is 45.4 Å². The summed E-state index contributed by atoms with van der Waals surface area (Å²) in [7, 11) is 1.88. The molecule has 4 heteroatoms. The molecule has 0 aromatic heterocycles. The predicted molar refractivity (Wildman–Crippen MR) is 68.2 cm³/mol. The van der Waals surface area contributed by atoms with Gasteiger partial charge in [0.05, 0.1) is 11.5 Å². The van der Waals surface area contributed by atoms with Gasteiger partial charge in [-0.1, -0.05) is 12.8 Å². The minimum absolute atomic E-state index is 0.108. The van der Waals surface area contributed by atoms with Crippen LogP contribution in [-0.4, -0.2) is 41.5 Å². The molecule has 0 aromatic carbocycles. The monoisotopic (exact) mass is 259 g/mol. The van der Waals surface area contributed by atoms with Gasteiger partial charge in [0.1, 0.15) is 6.10 Å². The van der Waals surface area contributed by atoms with Crippen molar-refractivity contribution in [3.05, 3.63) is 0 Å². The van der Waals surface area contributed by atoms with Crippen LogP contribution in [0.4, 0.5) is 0 Å². The lowest BCUT2D eigenvalue weighted by Gasteiger charge is -2.36. The second kappa shape index (κ2) is 5.57. The summed E-state index contributed by atoms with van der Waals surface area (Å²) in [5.74, 6) is 0.118. The Hall–Kier alpha value is -0.280. The van der Waals surface area contributed by atoms with Gasteiger partial charge in [-0.05, 0) is 32.6 Å². The van der Waals surface area contributed by atoms with E-state index in [1.165, 1.54) is 12.8 Å². The van der Waals surface area contributed by atoms with Crippen molar-refractivity contribution in [1.29, 1.82) is 0 Å². The Morgan fingerprint density at radius 1 is 1.24 bits per heavy atom. The maximum Gasteiger partial charge on any atom is 0.251 e. The molecule has 0 bridgehead atoms. The summed E-state index contributed by atoms with van der Waals surface area (Å²) in [5, 5.41) is 0.108. The van der Waals surface area contributed by atoms with Gasteiger partial charge in [0.15, 0.2) is 0 Å². The van der Waals surface area contributed by atoms with Gasteiger partial charge in [0.25, 0.3) is 5.91 Å². The first-order chi connectivity index (χ1) is 8.09. The first-order valence-electron chi connectivity index (χ1n) is 6.66. The van der Waals surface area contributed by atoms with Crippen LogP contribution in [0.3, 0.4) is 0 Å². The fourth-order valence-electron chi connectivity index (χ4n) is 2.88. The third kappa shape index (κ3) is 2.94. The molecule has 1 amide bonds. The number of hydrogen-bond acceptors (Lipinski definition) is 2. The molecule has 0 spiro atoms.